The number of fused-ring (bicyclic) bond motifs is 1. The lowest BCUT2D eigenvalue weighted by Gasteiger charge is -2.28. The lowest BCUT2D eigenvalue weighted by molar-refractivity contribution is 0.122. The molecule has 0 unspecified atom stereocenters. The molecule has 1 fully saturated rings. The first-order chi connectivity index (χ1) is 8.84. The summed E-state index contributed by atoms with van der Waals surface area (Å²) in [5.74, 6) is 1.62. The molecule has 1 aromatic rings. The van der Waals surface area contributed by atoms with E-state index in [2.05, 4.69) is 29.3 Å². The van der Waals surface area contributed by atoms with E-state index < -0.39 is 0 Å². The molecule has 1 saturated heterocycles. The molecular weight excluding hydrogens is 226 g/mol. The van der Waals surface area contributed by atoms with Gasteiger partial charge in [-0.15, -0.1) is 0 Å². The summed E-state index contributed by atoms with van der Waals surface area (Å²) in [6, 6.07) is 4.43. The summed E-state index contributed by atoms with van der Waals surface area (Å²) in [6.07, 6.45) is 1.09. The zero-order valence-corrected chi connectivity index (χ0v) is 11.0. The average molecular weight is 247 g/mol. The minimum Gasteiger partial charge on any atom is -0.378 e. The standard InChI is InChI=1S/C14H21N3O/c1-11-10-15-5-4-12-2-3-13(16-14(11)12)17-6-8-18-9-7-17/h2-3,11,15H,4-10H2,1H3/t11-/m1/s1. The van der Waals surface area contributed by atoms with Gasteiger partial charge in [0.25, 0.3) is 0 Å². The number of anilines is 1. The van der Waals surface area contributed by atoms with Crippen molar-refractivity contribution in [1.29, 1.82) is 0 Å². The smallest absolute Gasteiger partial charge is 0.128 e. The van der Waals surface area contributed by atoms with Crippen LogP contribution in [0.15, 0.2) is 12.1 Å². The summed E-state index contributed by atoms with van der Waals surface area (Å²) < 4.78 is 5.40. The van der Waals surface area contributed by atoms with Crippen LogP contribution < -0.4 is 10.2 Å². The monoisotopic (exact) mass is 247 g/mol. The van der Waals surface area contributed by atoms with Crippen LogP contribution in [0, 0.1) is 0 Å². The van der Waals surface area contributed by atoms with Gasteiger partial charge in [0.05, 0.1) is 18.9 Å². The SMILES string of the molecule is C[C@@H]1CNCCc2ccc(N3CCOCC3)nc21. The van der Waals surface area contributed by atoms with Gasteiger partial charge in [-0.3, -0.25) is 0 Å². The van der Waals surface area contributed by atoms with Crippen LogP contribution in [0.5, 0.6) is 0 Å². The van der Waals surface area contributed by atoms with Gasteiger partial charge >= 0.3 is 0 Å². The predicted octanol–water partition coefficient (Wildman–Crippen LogP) is 1.17. The number of nitrogens with one attached hydrogen (secondary N) is 1. The fourth-order valence-corrected chi connectivity index (χ4v) is 2.74. The number of morpholine rings is 1. The van der Waals surface area contributed by atoms with Crippen molar-refractivity contribution in [2.75, 3.05) is 44.3 Å². The molecule has 1 N–H and O–H groups in total. The molecule has 0 amide bonds. The van der Waals surface area contributed by atoms with E-state index in [1.54, 1.807) is 0 Å². The summed E-state index contributed by atoms with van der Waals surface area (Å²) in [4.78, 5) is 7.24. The number of nitrogens with zero attached hydrogens (tertiary/aromatic N) is 2. The summed E-state index contributed by atoms with van der Waals surface area (Å²) in [5.41, 5.74) is 2.69. The largest absolute Gasteiger partial charge is 0.378 e. The van der Waals surface area contributed by atoms with E-state index in [4.69, 9.17) is 9.72 Å². The van der Waals surface area contributed by atoms with E-state index >= 15 is 0 Å². The molecule has 3 heterocycles. The van der Waals surface area contributed by atoms with Gasteiger partial charge in [-0.1, -0.05) is 13.0 Å². The van der Waals surface area contributed by atoms with Gasteiger partial charge in [0.1, 0.15) is 5.82 Å². The maximum Gasteiger partial charge on any atom is 0.128 e. The normalized spacial score (nSPS) is 24.5. The molecule has 0 spiro atoms. The molecule has 18 heavy (non-hydrogen) atoms. The van der Waals surface area contributed by atoms with Crippen LogP contribution in [0.25, 0.3) is 0 Å². The number of hydrogen-bond donors (Lipinski definition) is 1. The molecule has 0 radical (unpaired) electrons. The third-order valence-corrected chi connectivity index (χ3v) is 3.82. The maximum atomic E-state index is 5.40. The fourth-order valence-electron chi connectivity index (χ4n) is 2.74. The number of ether oxygens (including phenoxy) is 1. The Kier molecular flexibility index (Phi) is 3.48. The summed E-state index contributed by atoms with van der Waals surface area (Å²) >= 11 is 0. The molecular formula is C14H21N3O. The molecule has 4 nitrogen and oxygen atoms in total. The van der Waals surface area contributed by atoms with E-state index in [1.807, 2.05) is 0 Å². The van der Waals surface area contributed by atoms with Gasteiger partial charge < -0.3 is 15.0 Å². The van der Waals surface area contributed by atoms with Gasteiger partial charge in [-0.25, -0.2) is 4.98 Å². The van der Waals surface area contributed by atoms with E-state index in [9.17, 15) is 0 Å². The minimum atomic E-state index is 0.503. The molecule has 4 heteroatoms. The molecule has 0 aromatic carbocycles. The molecule has 1 aromatic heterocycles. The van der Waals surface area contributed by atoms with Crippen LogP contribution in [0.1, 0.15) is 24.1 Å². The zero-order valence-electron chi connectivity index (χ0n) is 11.0. The Hall–Kier alpha value is -1.13. The second kappa shape index (κ2) is 5.24. The third-order valence-electron chi connectivity index (χ3n) is 3.82. The van der Waals surface area contributed by atoms with Gasteiger partial charge in [-0.05, 0) is 24.6 Å². The van der Waals surface area contributed by atoms with Gasteiger partial charge in [0.15, 0.2) is 0 Å². The highest BCUT2D eigenvalue weighted by Crippen LogP contribution is 2.24. The first-order valence-corrected chi connectivity index (χ1v) is 6.88. The second-order valence-electron chi connectivity index (χ2n) is 5.17. The Labute approximate surface area is 108 Å². The Balaban J connectivity index is 1.88. The van der Waals surface area contributed by atoms with Crippen molar-refractivity contribution in [3.8, 4) is 0 Å². The lowest BCUT2D eigenvalue weighted by atomic mass is 10.0. The first kappa shape index (κ1) is 11.9. The Morgan fingerprint density at radius 3 is 3.00 bits per heavy atom. The van der Waals surface area contributed by atoms with Crippen LogP contribution in [-0.4, -0.2) is 44.4 Å². The molecule has 1 atom stereocenters. The molecule has 0 aliphatic carbocycles. The van der Waals surface area contributed by atoms with Crippen LogP contribution in [0.4, 0.5) is 5.82 Å². The Bertz CT molecular complexity index is 416. The van der Waals surface area contributed by atoms with Crippen molar-refractivity contribution in [2.45, 2.75) is 19.3 Å². The third kappa shape index (κ3) is 2.35. The predicted molar refractivity (Wildman–Crippen MR) is 72.3 cm³/mol. The molecule has 2 aliphatic heterocycles. The minimum absolute atomic E-state index is 0.503. The lowest BCUT2D eigenvalue weighted by Crippen LogP contribution is -2.37. The second-order valence-corrected chi connectivity index (χ2v) is 5.17. The highest BCUT2D eigenvalue weighted by molar-refractivity contribution is 5.43. The van der Waals surface area contributed by atoms with Gasteiger partial charge in [0, 0.05) is 25.6 Å². The maximum absolute atomic E-state index is 5.40. The average Bonchev–Trinajstić information content (AvgIpc) is 2.62. The van der Waals surface area contributed by atoms with Crippen molar-refractivity contribution in [3.05, 3.63) is 23.4 Å². The summed E-state index contributed by atoms with van der Waals surface area (Å²) in [5, 5.41) is 3.47. The highest BCUT2D eigenvalue weighted by atomic mass is 16.5. The van der Waals surface area contributed by atoms with Crippen molar-refractivity contribution in [3.63, 3.8) is 0 Å². The molecule has 3 rings (SSSR count). The van der Waals surface area contributed by atoms with Crippen LogP contribution in [-0.2, 0) is 11.2 Å². The highest BCUT2D eigenvalue weighted by Gasteiger charge is 2.19. The Morgan fingerprint density at radius 2 is 2.17 bits per heavy atom. The van der Waals surface area contributed by atoms with Crippen molar-refractivity contribution >= 4 is 5.82 Å². The first-order valence-electron chi connectivity index (χ1n) is 6.88. The zero-order chi connectivity index (χ0) is 12.4. The van der Waals surface area contributed by atoms with E-state index in [1.165, 1.54) is 11.3 Å². The topological polar surface area (TPSA) is 37.4 Å². The van der Waals surface area contributed by atoms with Crippen molar-refractivity contribution in [2.24, 2.45) is 0 Å². The number of pyridine rings is 1. The van der Waals surface area contributed by atoms with Crippen LogP contribution in [0.3, 0.4) is 0 Å². The molecule has 0 saturated carbocycles. The molecule has 0 bridgehead atoms. The van der Waals surface area contributed by atoms with Gasteiger partial charge in [0.2, 0.25) is 0 Å². The quantitative estimate of drug-likeness (QED) is 0.808. The summed E-state index contributed by atoms with van der Waals surface area (Å²) in [6.45, 7) is 7.90. The fraction of sp³-hybridized carbons (Fsp3) is 0.643. The number of rotatable bonds is 1. The Morgan fingerprint density at radius 1 is 1.33 bits per heavy atom. The number of hydrogen-bond acceptors (Lipinski definition) is 4. The molecule has 98 valence electrons. The van der Waals surface area contributed by atoms with Crippen LogP contribution in [0.2, 0.25) is 0 Å². The van der Waals surface area contributed by atoms with E-state index in [0.717, 1.165) is 51.6 Å². The van der Waals surface area contributed by atoms with Crippen molar-refractivity contribution < 1.29 is 4.74 Å². The van der Waals surface area contributed by atoms with E-state index in [0.29, 0.717) is 5.92 Å². The molecule has 2 aliphatic rings. The van der Waals surface area contributed by atoms with Gasteiger partial charge in [-0.2, -0.15) is 0 Å². The van der Waals surface area contributed by atoms with Crippen LogP contribution >= 0.6 is 0 Å². The van der Waals surface area contributed by atoms with Crippen molar-refractivity contribution in [1.82, 2.24) is 10.3 Å². The van der Waals surface area contributed by atoms with E-state index in [-0.39, 0.29) is 0 Å². The number of aromatic nitrogens is 1. The summed E-state index contributed by atoms with van der Waals surface area (Å²) in [7, 11) is 0.